The predicted molar refractivity (Wildman–Crippen MR) is 71.8 cm³/mol. The Balaban J connectivity index is 2.26. The summed E-state index contributed by atoms with van der Waals surface area (Å²) in [6, 6.07) is 10.5. The van der Waals surface area contributed by atoms with Crippen LogP contribution in [0.25, 0.3) is 0 Å². The van der Waals surface area contributed by atoms with Crippen LogP contribution in [0.1, 0.15) is 12.5 Å². The van der Waals surface area contributed by atoms with E-state index in [4.69, 9.17) is 5.73 Å². The van der Waals surface area contributed by atoms with E-state index in [1.165, 1.54) is 6.07 Å². The van der Waals surface area contributed by atoms with Gasteiger partial charge in [0.1, 0.15) is 11.6 Å². The molecule has 1 heterocycles. The normalized spacial score (nSPS) is 10.3. The summed E-state index contributed by atoms with van der Waals surface area (Å²) in [7, 11) is 0. The first-order valence-corrected chi connectivity index (χ1v) is 5.91. The number of aromatic nitrogens is 1. The lowest BCUT2D eigenvalue weighted by molar-refractivity contribution is 0.618. The molecule has 1 aromatic carbocycles. The molecule has 2 rings (SSSR count). The Morgan fingerprint density at radius 3 is 2.67 bits per heavy atom. The highest BCUT2D eigenvalue weighted by Crippen LogP contribution is 2.21. The van der Waals surface area contributed by atoms with Crippen LogP contribution in [0.4, 0.5) is 15.9 Å². The summed E-state index contributed by atoms with van der Waals surface area (Å²) < 4.78 is 13.7. The number of hydrogen-bond acceptors (Lipinski definition) is 3. The fourth-order valence-corrected chi connectivity index (χ4v) is 1.87. The second-order valence-electron chi connectivity index (χ2n) is 4.01. The summed E-state index contributed by atoms with van der Waals surface area (Å²) in [5, 5.41) is 0. The van der Waals surface area contributed by atoms with Gasteiger partial charge < -0.3 is 10.6 Å². The standard InChI is InChI=1S/C14H16FN3/c1-2-18(13-8-4-3-7-12(13)15)10-11-6-5-9-17-14(11)16/h3-9H,2,10H2,1H3,(H2,16,17). The number of halogens is 1. The fraction of sp³-hybridized carbons (Fsp3) is 0.214. The summed E-state index contributed by atoms with van der Waals surface area (Å²) in [6.45, 7) is 3.24. The topological polar surface area (TPSA) is 42.2 Å². The molecule has 0 fully saturated rings. The minimum atomic E-state index is -0.221. The van der Waals surface area contributed by atoms with Crippen molar-refractivity contribution in [1.82, 2.24) is 4.98 Å². The fourth-order valence-electron chi connectivity index (χ4n) is 1.87. The van der Waals surface area contributed by atoms with E-state index < -0.39 is 0 Å². The second kappa shape index (κ2) is 5.49. The molecule has 0 aliphatic carbocycles. The van der Waals surface area contributed by atoms with Crippen molar-refractivity contribution in [3.05, 3.63) is 54.0 Å². The number of pyridine rings is 1. The van der Waals surface area contributed by atoms with E-state index in [0.29, 0.717) is 24.6 Å². The Morgan fingerprint density at radius 2 is 2.00 bits per heavy atom. The van der Waals surface area contributed by atoms with Gasteiger partial charge in [-0.25, -0.2) is 9.37 Å². The van der Waals surface area contributed by atoms with Gasteiger partial charge in [0.25, 0.3) is 0 Å². The smallest absolute Gasteiger partial charge is 0.146 e. The molecule has 0 saturated heterocycles. The van der Waals surface area contributed by atoms with E-state index in [0.717, 1.165) is 5.56 Å². The lowest BCUT2D eigenvalue weighted by Crippen LogP contribution is -2.23. The maximum absolute atomic E-state index is 13.7. The molecule has 0 radical (unpaired) electrons. The summed E-state index contributed by atoms with van der Waals surface area (Å²) in [5.41, 5.74) is 7.30. The van der Waals surface area contributed by atoms with Gasteiger partial charge in [-0.05, 0) is 25.1 Å². The number of nitrogen functional groups attached to an aromatic ring is 1. The van der Waals surface area contributed by atoms with Gasteiger partial charge >= 0.3 is 0 Å². The summed E-state index contributed by atoms with van der Waals surface area (Å²) in [4.78, 5) is 5.97. The van der Waals surface area contributed by atoms with E-state index >= 15 is 0 Å². The third-order valence-corrected chi connectivity index (χ3v) is 2.86. The Morgan fingerprint density at radius 1 is 1.22 bits per heavy atom. The van der Waals surface area contributed by atoms with Crippen LogP contribution in [-0.2, 0) is 6.54 Å². The SMILES string of the molecule is CCN(Cc1cccnc1N)c1ccccc1F. The van der Waals surface area contributed by atoms with Gasteiger partial charge in [0.2, 0.25) is 0 Å². The molecular weight excluding hydrogens is 229 g/mol. The molecule has 18 heavy (non-hydrogen) atoms. The number of rotatable bonds is 4. The summed E-state index contributed by atoms with van der Waals surface area (Å²) in [6.07, 6.45) is 1.65. The third kappa shape index (κ3) is 2.59. The Labute approximate surface area is 106 Å². The molecule has 4 heteroatoms. The summed E-state index contributed by atoms with van der Waals surface area (Å²) in [5.74, 6) is 0.272. The van der Waals surface area contributed by atoms with Crippen LogP contribution in [0.2, 0.25) is 0 Å². The molecule has 0 unspecified atom stereocenters. The molecule has 3 nitrogen and oxygen atoms in total. The molecule has 0 atom stereocenters. The minimum Gasteiger partial charge on any atom is -0.383 e. The predicted octanol–water partition coefficient (Wildman–Crippen LogP) is 2.83. The van der Waals surface area contributed by atoms with Crippen LogP contribution in [-0.4, -0.2) is 11.5 Å². The zero-order valence-electron chi connectivity index (χ0n) is 10.3. The molecule has 94 valence electrons. The quantitative estimate of drug-likeness (QED) is 0.900. The Kier molecular flexibility index (Phi) is 3.77. The van der Waals surface area contributed by atoms with Crippen LogP contribution in [0, 0.1) is 5.82 Å². The first kappa shape index (κ1) is 12.4. The lowest BCUT2D eigenvalue weighted by atomic mass is 10.2. The van der Waals surface area contributed by atoms with Gasteiger partial charge in [-0.3, -0.25) is 0 Å². The summed E-state index contributed by atoms with van der Waals surface area (Å²) >= 11 is 0. The molecule has 1 aromatic heterocycles. The molecule has 0 aliphatic rings. The molecule has 2 aromatic rings. The van der Waals surface area contributed by atoms with Crippen molar-refractivity contribution in [3.8, 4) is 0 Å². The monoisotopic (exact) mass is 245 g/mol. The molecular formula is C14H16FN3. The number of benzene rings is 1. The number of para-hydroxylation sites is 1. The zero-order valence-corrected chi connectivity index (χ0v) is 10.3. The highest BCUT2D eigenvalue weighted by Gasteiger charge is 2.11. The molecule has 0 spiro atoms. The van der Waals surface area contributed by atoms with Crippen LogP contribution < -0.4 is 10.6 Å². The highest BCUT2D eigenvalue weighted by molar-refractivity contribution is 5.50. The average molecular weight is 245 g/mol. The number of hydrogen-bond donors (Lipinski definition) is 1. The lowest BCUT2D eigenvalue weighted by Gasteiger charge is -2.24. The van der Waals surface area contributed by atoms with E-state index in [1.807, 2.05) is 30.0 Å². The average Bonchev–Trinajstić information content (AvgIpc) is 2.39. The number of anilines is 2. The van der Waals surface area contributed by atoms with E-state index in [1.54, 1.807) is 18.3 Å². The van der Waals surface area contributed by atoms with Gasteiger partial charge in [-0.15, -0.1) is 0 Å². The first-order chi connectivity index (χ1) is 8.72. The maximum atomic E-state index is 13.7. The van der Waals surface area contributed by atoms with Crippen molar-refractivity contribution in [2.24, 2.45) is 0 Å². The molecule has 0 saturated carbocycles. The van der Waals surface area contributed by atoms with Crippen molar-refractivity contribution in [2.75, 3.05) is 17.2 Å². The number of nitrogens with zero attached hydrogens (tertiary/aromatic N) is 2. The van der Waals surface area contributed by atoms with Crippen molar-refractivity contribution in [3.63, 3.8) is 0 Å². The van der Waals surface area contributed by atoms with Crippen LogP contribution >= 0.6 is 0 Å². The molecule has 2 N–H and O–H groups in total. The molecule has 0 bridgehead atoms. The van der Waals surface area contributed by atoms with Crippen LogP contribution in [0.15, 0.2) is 42.6 Å². The highest BCUT2D eigenvalue weighted by atomic mass is 19.1. The van der Waals surface area contributed by atoms with E-state index in [9.17, 15) is 4.39 Å². The van der Waals surface area contributed by atoms with Crippen LogP contribution in [0.3, 0.4) is 0 Å². The number of nitrogens with two attached hydrogens (primary N) is 1. The van der Waals surface area contributed by atoms with Crippen molar-refractivity contribution >= 4 is 11.5 Å². The Bertz CT molecular complexity index is 528. The maximum Gasteiger partial charge on any atom is 0.146 e. The van der Waals surface area contributed by atoms with E-state index in [2.05, 4.69) is 4.98 Å². The van der Waals surface area contributed by atoms with Crippen LogP contribution in [0.5, 0.6) is 0 Å². The Hall–Kier alpha value is -2.10. The van der Waals surface area contributed by atoms with Crippen molar-refractivity contribution in [1.29, 1.82) is 0 Å². The second-order valence-corrected chi connectivity index (χ2v) is 4.01. The van der Waals surface area contributed by atoms with E-state index in [-0.39, 0.29) is 5.82 Å². The van der Waals surface area contributed by atoms with Gasteiger partial charge in [0, 0.05) is 24.8 Å². The first-order valence-electron chi connectivity index (χ1n) is 5.91. The van der Waals surface area contributed by atoms with Gasteiger partial charge in [-0.1, -0.05) is 18.2 Å². The minimum absolute atomic E-state index is 0.221. The largest absolute Gasteiger partial charge is 0.383 e. The van der Waals surface area contributed by atoms with Gasteiger partial charge in [0.05, 0.1) is 5.69 Å². The van der Waals surface area contributed by atoms with Crippen molar-refractivity contribution < 1.29 is 4.39 Å². The third-order valence-electron chi connectivity index (χ3n) is 2.86. The molecule has 0 amide bonds. The van der Waals surface area contributed by atoms with Gasteiger partial charge in [0.15, 0.2) is 0 Å². The van der Waals surface area contributed by atoms with Gasteiger partial charge in [-0.2, -0.15) is 0 Å². The molecule has 0 aliphatic heterocycles. The van der Waals surface area contributed by atoms with Crippen molar-refractivity contribution in [2.45, 2.75) is 13.5 Å². The zero-order chi connectivity index (χ0) is 13.0.